The van der Waals surface area contributed by atoms with Gasteiger partial charge in [0, 0.05) is 17.5 Å². The van der Waals surface area contributed by atoms with E-state index in [0.29, 0.717) is 5.88 Å². The molecule has 82 valence electrons. The van der Waals surface area contributed by atoms with Crippen molar-refractivity contribution >= 4 is 17.7 Å². The lowest BCUT2D eigenvalue weighted by Crippen LogP contribution is -1.76. The van der Waals surface area contributed by atoms with E-state index in [9.17, 15) is 0 Å². The molecule has 0 saturated heterocycles. The summed E-state index contributed by atoms with van der Waals surface area (Å²) in [6.07, 6.45) is 6.66. The molecule has 0 radical (unpaired) electrons. The minimum Gasteiger partial charge on any atom is -0.356 e. The molecular formula is C13H12ClNO. The van der Waals surface area contributed by atoms with E-state index < -0.39 is 0 Å². The smallest absolute Gasteiger partial charge is 0.166 e. The highest BCUT2D eigenvalue weighted by Gasteiger charge is 1.99. The van der Waals surface area contributed by atoms with Crippen LogP contribution in [0.25, 0.3) is 17.4 Å². The third kappa shape index (κ3) is 2.74. The van der Waals surface area contributed by atoms with Gasteiger partial charge in [0.05, 0.1) is 6.20 Å². The van der Waals surface area contributed by atoms with E-state index in [2.05, 4.69) is 17.3 Å². The van der Waals surface area contributed by atoms with Crippen molar-refractivity contribution in [2.45, 2.75) is 6.42 Å². The van der Waals surface area contributed by atoms with Crippen LogP contribution in [-0.2, 0) is 0 Å². The monoisotopic (exact) mass is 233 g/mol. The Labute approximate surface area is 99.5 Å². The normalized spacial score (nSPS) is 11.1. The minimum atomic E-state index is 0.659. The molecule has 2 rings (SSSR count). The van der Waals surface area contributed by atoms with Gasteiger partial charge in [0.1, 0.15) is 0 Å². The Kier molecular flexibility index (Phi) is 3.78. The molecule has 1 heterocycles. The summed E-state index contributed by atoms with van der Waals surface area (Å²) in [6.45, 7) is 0. The predicted molar refractivity (Wildman–Crippen MR) is 66.3 cm³/mol. The Hall–Kier alpha value is -1.54. The van der Waals surface area contributed by atoms with Gasteiger partial charge in [0.25, 0.3) is 0 Å². The van der Waals surface area contributed by atoms with E-state index in [0.717, 1.165) is 23.3 Å². The molecule has 1 aromatic carbocycles. The summed E-state index contributed by atoms with van der Waals surface area (Å²) in [5.74, 6) is 1.45. The molecule has 3 heteroatoms. The highest BCUT2D eigenvalue weighted by Crippen LogP contribution is 2.19. The van der Waals surface area contributed by atoms with Crippen LogP contribution in [0, 0.1) is 0 Å². The van der Waals surface area contributed by atoms with E-state index >= 15 is 0 Å². The van der Waals surface area contributed by atoms with Crippen molar-refractivity contribution in [1.82, 2.24) is 5.16 Å². The van der Waals surface area contributed by atoms with E-state index in [1.54, 1.807) is 6.20 Å². The minimum absolute atomic E-state index is 0.659. The van der Waals surface area contributed by atoms with Crippen LogP contribution in [0.4, 0.5) is 0 Å². The standard InChI is InChI=1S/C13H12ClNO/c14-9-2-1-3-11-4-6-12(7-5-11)13-8-10-15-16-13/h1,3-8,10H,2,9H2. The van der Waals surface area contributed by atoms with Crippen LogP contribution in [0.2, 0.25) is 0 Å². The van der Waals surface area contributed by atoms with Crippen LogP contribution < -0.4 is 0 Å². The first-order valence-corrected chi connectivity index (χ1v) is 5.67. The van der Waals surface area contributed by atoms with Gasteiger partial charge in [-0.25, -0.2) is 0 Å². The van der Waals surface area contributed by atoms with Crippen molar-refractivity contribution in [3.05, 3.63) is 48.2 Å². The molecular weight excluding hydrogens is 222 g/mol. The maximum atomic E-state index is 5.59. The molecule has 0 aliphatic rings. The van der Waals surface area contributed by atoms with Crippen molar-refractivity contribution in [2.75, 3.05) is 5.88 Å². The second-order valence-electron chi connectivity index (χ2n) is 3.38. The van der Waals surface area contributed by atoms with Gasteiger partial charge < -0.3 is 4.52 Å². The number of allylic oxidation sites excluding steroid dienone is 1. The van der Waals surface area contributed by atoms with Crippen LogP contribution in [-0.4, -0.2) is 11.0 Å². The van der Waals surface area contributed by atoms with Crippen LogP contribution >= 0.6 is 11.6 Å². The third-order valence-corrected chi connectivity index (χ3v) is 2.44. The van der Waals surface area contributed by atoms with Gasteiger partial charge in [-0.05, 0) is 12.0 Å². The molecule has 16 heavy (non-hydrogen) atoms. The molecule has 0 atom stereocenters. The van der Waals surface area contributed by atoms with E-state index in [4.69, 9.17) is 16.1 Å². The topological polar surface area (TPSA) is 26.0 Å². The Bertz CT molecular complexity index is 445. The SMILES string of the molecule is ClCCC=Cc1ccc(-c2ccno2)cc1. The highest BCUT2D eigenvalue weighted by molar-refractivity contribution is 6.17. The first-order valence-electron chi connectivity index (χ1n) is 5.14. The average Bonchev–Trinajstić information content (AvgIpc) is 2.84. The van der Waals surface area contributed by atoms with Crippen molar-refractivity contribution in [1.29, 1.82) is 0 Å². The molecule has 0 spiro atoms. The first kappa shape index (κ1) is 11.0. The van der Waals surface area contributed by atoms with Crippen LogP contribution in [0.3, 0.4) is 0 Å². The maximum absolute atomic E-state index is 5.59. The summed E-state index contributed by atoms with van der Waals surface area (Å²) in [4.78, 5) is 0. The fourth-order valence-electron chi connectivity index (χ4n) is 1.41. The van der Waals surface area contributed by atoms with Gasteiger partial charge in [-0.3, -0.25) is 0 Å². The van der Waals surface area contributed by atoms with E-state index in [-0.39, 0.29) is 0 Å². The molecule has 0 fully saturated rings. The van der Waals surface area contributed by atoms with E-state index in [1.165, 1.54) is 0 Å². The van der Waals surface area contributed by atoms with Gasteiger partial charge in [-0.1, -0.05) is 41.6 Å². The summed E-state index contributed by atoms with van der Waals surface area (Å²) >= 11 is 5.59. The summed E-state index contributed by atoms with van der Waals surface area (Å²) in [6, 6.07) is 9.96. The first-order chi connectivity index (χ1) is 7.90. The molecule has 1 aromatic heterocycles. The zero-order chi connectivity index (χ0) is 11.2. The quantitative estimate of drug-likeness (QED) is 0.747. The summed E-state index contributed by atoms with van der Waals surface area (Å²) < 4.78 is 5.07. The highest BCUT2D eigenvalue weighted by atomic mass is 35.5. The maximum Gasteiger partial charge on any atom is 0.166 e. The summed E-state index contributed by atoms with van der Waals surface area (Å²) in [5, 5.41) is 3.68. The van der Waals surface area contributed by atoms with Crippen LogP contribution in [0.1, 0.15) is 12.0 Å². The number of nitrogens with zero attached hydrogens (tertiary/aromatic N) is 1. The molecule has 0 amide bonds. The number of halogens is 1. The number of hydrogen-bond acceptors (Lipinski definition) is 2. The Morgan fingerprint density at radius 2 is 2.00 bits per heavy atom. The molecule has 0 saturated carbocycles. The molecule has 0 aliphatic heterocycles. The Morgan fingerprint density at radius 3 is 2.62 bits per heavy atom. The van der Waals surface area contributed by atoms with Gasteiger partial charge in [-0.2, -0.15) is 0 Å². The fourth-order valence-corrected chi connectivity index (χ4v) is 1.53. The molecule has 0 bridgehead atoms. The molecule has 0 aliphatic carbocycles. The molecule has 2 aromatic rings. The van der Waals surface area contributed by atoms with Gasteiger partial charge >= 0.3 is 0 Å². The zero-order valence-corrected chi connectivity index (χ0v) is 9.52. The number of alkyl halides is 1. The van der Waals surface area contributed by atoms with Gasteiger partial charge in [-0.15, -0.1) is 11.6 Å². The lowest BCUT2D eigenvalue weighted by atomic mass is 10.1. The second kappa shape index (κ2) is 5.52. The number of aromatic nitrogens is 1. The number of rotatable bonds is 4. The Balaban J connectivity index is 2.11. The van der Waals surface area contributed by atoms with Crippen molar-refractivity contribution < 1.29 is 4.52 Å². The lowest BCUT2D eigenvalue weighted by molar-refractivity contribution is 0.432. The van der Waals surface area contributed by atoms with Crippen LogP contribution in [0.5, 0.6) is 0 Å². The van der Waals surface area contributed by atoms with Crippen molar-refractivity contribution in [2.24, 2.45) is 0 Å². The Morgan fingerprint density at radius 1 is 1.19 bits per heavy atom. The van der Waals surface area contributed by atoms with Gasteiger partial charge in [0.2, 0.25) is 0 Å². The molecule has 0 N–H and O–H groups in total. The predicted octanol–water partition coefficient (Wildman–Crippen LogP) is 3.98. The van der Waals surface area contributed by atoms with Crippen molar-refractivity contribution in [3.63, 3.8) is 0 Å². The molecule has 0 unspecified atom stereocenters. The largest absolute Gasteiger partial charge is 0.356 e. The number of benzene rings is 1. The van der Waals surface area contributed by atoms with Crippen LogP contribution in [0.15, 0.2) is 47.1 Å². The third-order valence-electron chi connectivity index (χ3n) is 2.22. The summed E-state index contributed by atoms with van der Waals surface area (Å²) in [7, 11) is 0. The fraction of sp³-hybridized carbons (Fsp3) is 0.154. The average molecular weight is 234 g/mol. The number of hydrogen-bond donors (Lipinski definition) is 0. The zero-order valence-electron chi connectivity index (χ0n) is 8.77. The summed E-state index contributed by atoms with van der Waals surface area (Å²) in [5.41, 5.74) is 2.19. The second-order valence-corrected chi connectivity index (χ2v) is 3.76. The van der Waals surface area contributed by atoms with E-state index in [1.807, 2.05) is 30.3 Å². The van der Waals surface area contributed by atoms with Gasteiger partial charge in [0.15, 0.2) is 5.76 Å². The molecule has 2 nitrogen and oxygen atoms in total. The van der Waals surface area contributed by atoms with Crippen molar-refractivity contribution in [3.8, 4) is 11.3 Å². The lowest BCUT2D eigenvalue weighted by Gasteiger charge is -1.96.